The number of rotatable bonds is 5. The predicted octanol–water partition coefficient (Wildman–Crippen LogP) is 4.07. The summed E-state index contributed by atoms with van der Waals surface area (Å²) >= 11 is 0. The third kappa shape index (κ3) is 4.36. The molecule has 6 heteroatoms. The van der Waals surface area contributed by atoms with Gasteiger partial charge in [-0.25, -0.2) is 4.98 Å². The number of para-hydroxylation sites is 2. The molecule has 3 aromatic rings. The van der Waals surface area contributed by atoms with E-state index in [0.717, 1.165) is 5.52 Å². The highest BCUT2D eigenvalue weighted by Crippen LogP contribution is 2.16. The third-order valence-corrected chi connectivity index (χ3v) is 3.63. The van der Waals surface area contributed by atoms with E-state index in [1.54, 1.807) is 24.3 Å². The summed E-state index contributed by atoms with van der Waals surface area (Å²) in [5.41, 5.74) is 2.72. The first-order valence-corrected chi connectivity index (χ1v) is 8.27. The first-order chi connectivity index (χ1) is 12.5. The SMILES string of the molecule is CC(C)C(=O)Nc1ccc(NC(=O)/C=C/c2nc3ccccc3o2)cc1. The fourth-order valence-corrected chi connectivity index (χ4v) is 2.22. The maximum atomic E-state index is 12.0. The Morgan fingerprint density at radius 2 is 1.65 bits per heavy atom. The van der Waals surface area contributed by atoms with Crippen LogP contribution in [0.4, 0.5) is 11.4 Å². The van der Waals surface area contributed by atoms with Crippen molar-refractivity contribution in [1.29, 1.82) is 0 Å². The second-order valence-electron chi connectivity index (χ2n) is 6.06. The summed E-state index contributed by atoms with van der Waals surface area (Å²) in [4.78, 5) is 27.9. The molecule has 0 aliphatic heterocycles. The van der Waals surface area contributed by atoms with Crippen LogP contribution in [0.1, 0.15) is 19.7 Å². The van der Waals surface area contributed by atoms with E-state index in [4.69, 9.17) is 4.42 Å². The van der Waals surface area contributed by atoms with Gasteiger partial charge < -0.3 is 15.1 Å². The predicted molar refractivity (Wildman–Crippen MR) is 102 cm³/mol. The van der Waals surface area contributed by atoms with Crippen LogP contribution in [0, 0.1) is 5.92 Å². The minimum Gasteiger partial charge on any atom is -0.437 e. The Balaban J connectivity index is 1.59. The van der Waals surface area contributed by atoms with Crippen molar-refractivity contribution in [1.82, 2.24) is 4.98 Å². The quantitative estimate of drug-likeness (QED) is 0.680. The van der Waals surface area contributed by atoms with E-state index in [-0.39, 0.29) is 17.7 Å². The van der Waals surface area contributed by atoms with E-state index in [2.05, 4.69) is 15.6 Å². The van der Waals surface area contributed by atoms with Crippen LogP contribution >= 0.6 is 0 Å². The highest BCUT2D eigenvalue weighted by molar-refractivity contribution is 6.02. The number of oxazole rings is 1. The maximum absolute atomic E-state index is 12.0. The van der Waals surface area contributed by atoms with Gasteiger partial charge in [0, 0.05) is 29.4 Å². The topological polar surface area (TPSA) is 84.2 Å². The van der Waals surface area contributed by atoms with E-state index >= 15 is 0 Å². The molecule has 0 atom stereocenters. The van der Waals surface area contributed by atoms with E-state index in [9.17, 15) is 9.59 Å². The van der Waals surface area contributed by atoms with Gasteiger partial charge in [0.15, 0.2) is 5.58 Å². The fourth-order valence-electron chi connectivity index (χ4n) is 2.22. The van der Waals surface area contributed by atoms with Crippen molar-refractivity contribution in [3.05, 3.63) is 60.5 Å². The van der Waals surface area contributed by atoms with Gasteiger partial charge in [-0.15, -0.1) is 0 Å². The van der Waals surface area contributed by atoms with Gasteiger partial charge in [0.25, 0.3) is 0 Å². The molecule has 0 spiro atoms. The zero-order chi connectivity index (χ0) is 18.5. The highest BCUT2D eigenvalue weighted by Gasteiger charge is 2.07. The summed E-state index contributed by atoms with van der Waals surface area (Å²) in [5, 5.41) is 5.54. The van der Waals surface area contributed by atoms with Crippen molar-refractivity contribution in [2.45, 2.75) is 13.8 Å². The van der Waals surface area contributed by atoms with Crippen LogP contribution in [0.25, 0.3) is 17.2 Å². The number of amides is 2. The van der Waals surface area contributed by atoms with Crippen molar-refractivity contribution < 1.29 is 14.0 Å². The Labute approximate surface area is 150 Å². The number of anilines is 2. The smallest absolute Gasteiger partial charge is 0.248 e. The lowest BCUT2D eigenvalue weighted by molar-refractivity contribution is -0.119. The van der Waals surface area contributed by atoms with Crippen molar-refractivity contribution >= 4 is 40.4 Å². The molecule has 1 aromatic heterocycles. The summed E-state index contributed by atoms with van der Waals surface area (Å²) in [5.74, 6) is -0.0752. The molecule has 0 saturated carbocycles. The van der Waals surface area contributed by atoms with Crippen LogP contribution in [0.5, 0.6) is 0 Å². The van der Waals surface area contributed by atoms with Crippen molar-refractivity contribution in [2.24, 2.45) is 5.92 Å². The molecule has 0 saturated heterocycles. The van der Waals surface area contributed by atoms with Gasteiger partial charge in [-0.05, 0) is 36.4 Å². The lowest BCUT2D eigenvalue weighted by atomic mass is 10.2. The van der Waals surface area contributed by atoms with E-state index < -0.39 is 0 Å². The van der Waals surface area contributed by atoms with Gasteiger partial charge in [-0.3, -0.25) is 9.59 Å². The van der Waals surface area contributed by atoms with Gasteiger partial charge in [-0.1, -0.05) is 26.0 Å². The molecule has 0 fully saturated rings. The normalized spacial score (nSPS) is 11.2. The maximum Gasteiger partial charge on any atom is 0.248 e. The molecular formula is C20H19N3O3. The van der Waals surface area contributed by atoms with Gasteiger partial charge in [-0.2, -0.15) is 0 Å². The molecule has 0 aliphatic carbocycles. The van der Waals surface area contributed by atoms with Crippen LogP contribution in [0.3, 0.4) is 0 Å². The Kier molecular flexibility index (Phi) is 5.12. The summed E-state index contributed by atoms with van der Waals surface area (Å²) in [6, 6.07) is 14.3. The standard InChI is InChI=1S/C20H19N3O3/c1-13(2)20(25)22-15-9-7-14(8-10-15)21-18(24)11-12-19-23-16-5-3-4-6-17(16)26-19/h3-13H,1-2H3,(H,21,24)(H,22,25)/b12-11+. The molecule has 0 aliphatic rings. The summed E-state index contributed by atoms with van der Waals surface area (Å²) in [7, 11) is 0. The van der Waals surface area contributed by atoms with Crippen LogP contribution in [0.15, 0.2) is 59.0 Å². The molecule has 132 valence electrons. The van der Waals surface area contributed by atoms with E-state index in [0.29, 0.717) is 22.8 Å². The van der Waals surface area contributed by atoms with Crippen molar-refractivity contribution in [3.63, 3.8) is 0 Å². The molecule has 0 bridgehead atoms. The number of fused-ring (bicyclic) bond motifs is 1. The summed E-state index contributed by atoms with van der Waals surface area (Å²) in [6.45, 7) is 3.65. The van der Waals surface area contributed by atoms with Crippen molar-refractivity contribution in [2.75, 3.05) is 10.6 Å². The Morgan fingerprint density at radius 3 is 2.31 bits per heavy atom. The molecule has 2 amide bonds. The van der Waals surface area contributed by atoms with Gasteiger partial charge in [0.1, 0.15) is 5.52 Å². The van der Waals surface area contributed by atoms with Crippen LogP contribution in [-0.4, -0.2) is 16.8 Å². The number of nitrogens with zero attached hydrogens (tertiary/aromatic N) is 1. The zero-order valence-corrected chi connectivity index (χ0v) is 14.5. The van der Waals surface area contributed by atoms with Crippen LogP contribution in [0.2, 0.25) is 0 Å². The second kappa shape index (κ2) is 7.65. The summed E-state index contributed by atoms with van der Waals surface area (Å²) in [6.07, 6.45) is 2.88. The average molecular weight is 349 g/mol. The number of aromatic nitrogens is 1. The van der Waals surface area contributed by atoms with Gasteiger partial charge in [0.2, 0.25) is 17.7 Å². The average Bonchev–Trinajstić information content (AvgIpc) is 3.04. The van der Waals surface area contributed by atoms with E-state index in [1.165, 1.54) is 12.2 Å². The molecule has 0 radical (unpaired) electrons. The monoisotopic (exact) mass is 349 g/mol. The van der Waals surface area contributed by atoms with Crippen molar-refractivity contribution in [3.8, 4) is 0 Å². The minimum atomic E-state index is -0.300. The van der Waals surface area contributed by atoms with Gasteiger partial charge >= 0.3 is 0 Å². The van der Waals surface area contributed by atoms with Crippen LogP contribution < -0.4 is 10.6 Å². The second-order valence-corrected chi connectivity index (χ2v) is 6.06. The Hall–Kier alpha value is -3.41. The Bertz CT molecular complexity index is 923. The molecule has 0 unspecified atom stereocenters. The minimum absolute atomic E-state index is 0.0527. The molecule has 1 heterocycles. The van der Waals surface area contributed by atoms with E-state index in [1.807, 2.05) is 38.1 Å². The summed E-state index contributed by atoms with van der Waals surface area (Å²) < 4.78 is 5.52. The number of benzene rings is 2. The lowest BCUT2D eigenvalue weighted by Gasteiger charge is -2.08. The molecule has 2 aromatic carbocycles. The molecule has 3 rings (SSSR count). The zero-order valence-electron chi connectivity index (χ0n) is 14.5. The first kappa shape index (κ1) is 17.4. The lowest BCUT2D eigenvalue weighted by Crippen LogP contribution is -2.17. The molecule has 26 heavy (non-hydrogen) atoms. The number of hydrogen-bond acceptors (Lipinski definition) is 4. The molecule has 6 nitrogen and oxygen atoms in total. The van der Waals surface area contributed by atoms with Crippen LogP contribution in [-0.2, 0) is 9.59 Å². The number of carbonyl (C=O) groups is 2. The third-order valence-electron chi connectivity index (χ3n) is 3.63. The Morgan fingerprint density at radius 1 is 1.00 bits per heavy atom. The largest absolute Gasteiger partial charge is 0.437 e. The molecular weight excluding hydrogens is 330 g/mol. The number of hydrogen-bond donors (Lipinski definition) is 2. The molecule has 2 N–H and O–H groups in total. The number of nitrogens with one attached hydrogen (secondary N) is 2. The first-order valence-electron chi connectivity index (χ1n) is 8.27. The highest BCUT2D eigenvalue weighted by atomic mass is 16.3. The van der Waals surface area contributed by atoms with Gasteiger partial charge in [0.05, 0.1) is 0 Å². The number of carbonyl (C=O) groups excluding carboxylic acids is 2. The fraction of sp³-hybridized carbons (Fsp3) is 0.150.